The fourth-order valence-corrected chi connectivity index (χ4v) is 1.87. The highest BCUT2D eigenvalue weighted by atomic mass is 32.2. The van der Waals surface area contributed by atoms with Crippen LogP contribution in [0.3, 0.4) is 0 Å². The quantitative estimate of drug-likeness (QED) is 0.835. The second-order valence-electron chi connectivity index (χ2n) is 3.91. The highest BCUT2D eigenvalue weighted by Gasteiger charge is 2.09. The average molecular weight is 293 g/mol. The lowest BCUT2D eigenvalue weighted by Crippen LogP contribution is -2.18. The number of thiocarbonyl (C=S) groups is 1. The highest BCUT2D eigenvalue weighted by molar-refractivity contribution is 8.22. The largest absolute Gasteiger partial charge is 0.382 e. The van der Waals surface area contributed by atoms with E-state index in [0.29, 0.717) is 24.6 Å². The average Bonchev–Trinajstić information content (AvgIpc) is 2.78. The number of hydrogen-bond acceptors (Lipinski definition) is 5. The Kier molecular flexibility index (Phi) is 4.75. The molecule has 0 fully saturated rings. The van der Waals surface area contributed by atoms with Gasteiger partial charge in [0.1, 0.15) is 15.8 Å². The number of nitrogens with two attached hydrogens (primary N) is 1. The Morgan fingerprint density at radius 1 is 1.42 bits per heavy atom. The van der Waals surface area contributed by atoms with Crippen LogP contribution in [-0.4, -0.2) is 25.6 Å². The summed E-state index contributed by atoms with van der Waals surface area (Å²) in [5.41, 5.74) is 7.88. The third-order valence-electron chi connectivity index (χ3n) is 2.61. The maximum absolute atomic E-state index is 6.03. The molecule has 2 aromatic rings. The normalized spacial score (nSPS) is 10.4. The van der Waals surface area contributed by atoms with Crippen LogP contribution in [0, 0.1) is 0 Å². The number of hydrogen-bond donors (Lipinski definition) is 2. The molecule has 0 spiro atoms. The van der Waals surface area contributed by atoms with Crippen molar-refractivity contribution < 1.29 is 0 Å². The Bertz CT molecular complexity index is 553. The molecule has 0 radical (unpaired) electrons. The lowest BCUT2D eigenvalue weighted by atomic mass is 10.2. The van der Waals surface area contributed by atoms with Crippen molar-refractivity contribution in [3.05, 3.63) is 41.6 Å². The molecule has 7 heteroatoms. The molecule has 0 saturated heterocycles. The predicted octanol–water partition coefficient (Wildman–Crippen LogP) is 1.65. The van der Waals surface area contributed by atoms with E-state index in [1.54, 1.807) is 4.68 Å². The first-order valence-electron chi connectivity index (χ1n) is 5.74. The summed E-state index contributed by atoms with van der Waals surface area (Å²) in [5.74, 6) is 0.570. The molecule has 1 aromatic carbocycles. The van der Waals surface area contributed by atoms with Crippen LogP contribution in [0.2, 0.25) is 0 Å². The molecule has 3 N–H and O–H groups in total. The van der Waals surface area contributed by atoms with Gasteiger partial charge in [-0.1, -0.05) is 47.8 Å². The number of benzene rings is 1. The smallest absolute Gasteiger partial charge is 0.147 e. The number of nitrogens with zero attached hydrogens (tertiary/aromatic N) is 3. The van der Waals surface area contributed by atoms with Crippen molar-refractivity contribution in [1.82, 2.24) is 20.3 Å². The third kappa shape index (κ3) is 3.68. The number of nitrogens with one attached hydrogen (secondary N) is 1. The van der Waals surface area contributed by atoms with Crippen molar-refractivity contribution in [3.63, 3.8) is 0 Å². The van der Waals surface area contributed by atoms with Gasteiger partial charge in [-0.05, 0) is 11.8 Å². The second-order valence-corrected chi connectivity index (χ2v) is 5.39. The van der Waals surface area contributed by atoms with E-state index in [4.69, 9.17) is 18.0 Å². The molecule has 0 atom stereocenters. The summed E-state index contributed by atoms with van der Waals surface area (Å²) in [4.78, 5) is 0. The fraction of sp³-hybridized carbons (Fsp3) is 0.250. The molecule has 0 unspecified atom stereocenters. The number of thioether (sulfide) groups is 1. The zero-order valence-electron chi connectivity index (χ0n) is 10.5. The summed E-state index contributed by atoms with van der Waals surface area (Å²) in [5, 5.41) is 11.2. The minimum atomic E-state index is 0.500. The number of rotatable bonds is 4. The van der Waals surface area contributed by atoms with Crippen LogP contribution in [0.1, 0.15) is 11.3 Å². The molecule has 5 nitrogen and oxygen atoms in total. The van der Waals surface area contributed by atoms with Crippen molar-refractivity contribution in [1.29, 1.82) is 0 Å². The van der Waals surface area contributed by atoms with E-state index >= 15 is 0 Å². The molecule has 0 bridgehead atoms. The molecular formula is C12H15N5S2. The Morgan fingerprint density at radius 2 is 2.16 bits per heavy atom. The summed E-state index contributed by atoms with van der Waals surface area (Å²) in [6, 6.07) is 10.0. The highest BCUT2D eigenvalue weighted by Crippen LogP contribution is 2.11. The van der Waals surface area contributed by atoms with Gasteiger partial charge in [-0.15, -0.1) is 16.9 Å². The molecule has 0 aliphatic heterocycles. The molecule has 19 heavy (non-hydrogen) atoms. The first-order valence-corrected chi connectivity index (χ1v) is 7.37. The standard InChI is InChI=1S/C12H15N5S2/c1-19-12(18)14-7-10-11(13)17(16-15-10)8-9-5-3-2-4-6-9/h2-6H,7-8,13H2,1H3,(H,14,18). The number of aromatic nitrogens is 3. The van der Waals surface area contributed by atoms with Gasteiger partial charge in [0.25, 0.3) is 0 Å². The number of anilines is 1. The first kappa shape index (κ1) is 13.8. The zero-order chi connectivity index (χ0) is 13.7. The molecule has 0 aliphatic rings. The lowest BCUT2D eigenvalue weighted by molar-refractivity contribution is 0.656. The number of nitrogen functional groups attached to an aromatic ring is 1. The fourth-order valence-electron chi connectivity index (χ4n) is 1.58. The van der Waals surface area contributed by atoms with Gasteiger partial charge in [0.2, 0.25) is 0 Å². The summed E-state index contributed by atoms with van der Waals surface area (Å²) in [6.45, 7) is 1.12. The molecule has 1 heterocycles. The SMILES string of the molecule is CSC(=S)NCc1nnn(Cc2ccccc2)c1N. The Balaban J connectivity index is 2.04. The van der Waals surface area contributed by atoms with E-state index in [2.05, 4.69) is 15.6 Å². The molecule has 0 amide bonds. The van der Waals surface area contributed by atoms with Gasteiger partial charge in [0.15, 0.2) is 0 Å². The summed E-state index contributed by atoms with van der Waals surface area (Å²) < 4.78 is 2.41. The Hall–Kier alpha value is -1.60. The van der Waals surface area contributed by atoms with E-state index in [9.17, 15) is 0 Å². The van der Waals surface area contributed by atoms with E-state index in [1.807, 2.05) is 36.6 Å². The van der Waals surface area contributed by atoms with Crippen LogP contribution in [-0.2, 0) is 13.1 Å². The van der Waals surface area contributed by atoms with Crippen molar-refractivity contribution in [3.8, 4) is 0 Å². The lowest BCUT2D eigenvalue weighted by Gasteiger charge is -2.05. The van der Waals surface area contributed by atoms with Crippen LogP contribution in [0.15, 0.2) is 30.3 Å². The van der Waals surface area contributed by atoms with E-state index in [1.165, 1.54) is 11.8 Å². The van der Waals surface area contributed by atoms with Crippen LogP contribution < -0.4 is 11.1 Å². The molecule has 0 saturated carbocycles. The van der Waals surface area contributed by atoms with Gasteiger partial charge in [-0.25, -0.2) is 4.68 Å². The zero-order valence-corrected chi connectivity index (χ0v) is 12.2. The topological polar surface area (TPSA) is 68.8 Å². The van der Waals surface area contributed by atoms with Crippen LogP contribution in [0.4, 0.5) is 5.82 Å². The monoisotopic (exact) mass is 293 g/mol. The van der Waals surface area contributed by atoms with Crippen LogP contribution in [0.25, 0.3) is 0 Å². The Morgan fingerprint density at radius 3 is 2.84 bits per heavy atom. The minimum Gasteiger partial charge on any atom is -0.382 e. The van der Waals surface area contributed by atoms with Crippen molar-refractivity contribution >= 4 is 34.1 Å². The van der Waals surface area contributed by atoms with Gasteiger partial charge in [-0.3, -0.25) is 0 Å². The minimum absolute atomic E-state index is 0.500. The van der Waals surface area contributed by atoms with Crippen LogP contribution >= 0.6 is 24.0 Å². The van der Waals surface area contributed by atoms with Gasteiger partial charge in [0, 0.05) is 0 Å². The maximum Gasteiger partial charge on any atom is 0.147 e. The van der Waals surface area contributed by atoms with E-state index < -0.39 is 0 Å². The molecular weight excluding hydrogens is 278 g/mol. The molecule has 2 rings (SSSR count). The summed E-state index contributed by atoms with van der Waals surface area (Å²) in [7, 11) is 0. The Labute approximate surface area is 121 Å². The summed E-state index contributed by atoms with van der Waals surface area (Å²) in [6.07, 6.45) is 1.92. The maximum atomic E-state index is 6.03. The van der Waals surface area contributed by atoms with Gasteiger partial charge >= 0.3 is 0 Å². The molecule has 1 aromatic heterocycles. The summed E-state index contributed by atoms with van der Waals surface area (Å²) >= 11 is 6.55. The van der Waals surface area contributed by atoms with Crippen molar-refractivity contribution in [2.24, 2.45) is 0 Å². The van der Waals surface area contributed by atoms with E-state index in [-0.39, 0.29) is 0 Å². The first-order chi connectivity index (χ1) is 9.20. The second kappa shape index (κ2) is 6.53. The van der Waals surface area contributed by atoms with E-state index in [0.717, 1.165) is 9.88 Å². The van der Waals surface area contributed by atoms with Gasteiger partial charge in [0.05, 0.1) is 13.1 Å². The van der Waals surface area contributed by atoms with Crippen LogP contribution in [0.5, 0.6) is 0 Å². The molecule has 100 valence electrons. The molecule has 0 aliphatic carbocycles. The van der Waals surface area contributed by atoms with Crippen molar-refractivity contribution in [2.75, 3.05) is 12.0 Å². The van der Waals surface area contributed by atoms with Gasteiger partial charge in [-0.2, -0.15) is 0 Å². The third-order valence-corrected chi connectivity index (χ3v) is 3.77. The van der Waals surface area contributed by atoms with Gasteiger partial charge < -0.3 is 11.1 Å². The predicted molar refractivity (Wildman–Crippen MR) is 82.9 cm³/mol. The van der Waals surface area contributed by atoms with Crippen molar-refractivity contribution in [2.45, 2.75) is 13.1 Å².